The molecule has 1 aromatic carbocycles. The molecule has 1 fully saturated rings. The molecule has 1 heteroatoms. The molecule has 0 saturated heterocycles. The van der Waals surface area contributed by atoms with Crippen LogP contribution in [0, 0.1) is 5.92 Å². The van der Waals surface area contributed by atoms with Gasteiger partial charge in [-0.25, -0.2) is 0 Å². The average Bonchev–Trinajstić information content (AvgIpc) is 2.39. The van der Waals surface area contributed by atoms with Gasteiger partial charge in [0.05, 0.1) is 0 Å². The summed E-state index contributed by atoms with van der Waals surface area (Å²) in [6, 6.07) is 9.13. The van der Waals surface area contributed by atoms with Gasteiger partial charge in [0.1, 0.15) is 0 Å². The minimum absolute atomic E-state index is 0.250. The Morgan fingerprint density at radius 3 is 2.11 bits per heavy atom. The zero-order valence-corrected chi connectivity index (χ0v) is 13.1. The maximum Gasteiger partial charge on any atom is 0.0363 e. The van der Waals surface area contributed by atoms with E-state index >= 15 is 0 Å². The number of hydrogen-bond donors (Lipinski definition) is 0. The Morgan fingerprint density at radius 2 is 1.58 bits per heavy atom. The molecule has 0 unspecified atom stereocenters. The first-order chi connectivity index (χ1) is 8.97. The van der Waals surface area contributed by atoms with Crippen molar-refractivity contribution in [3.05, 3.63) is 29.8 Å². The van der Waals surface area contributed by atoms with Crippen LogP contribution in [-0.2, 0) is 5.41 Å². The first-order valence-corrected chi connectivity index (χ1v) is 7.78. The Labute approximate surface area is 119 Å². The van der Waals surface area contributed by atoms with Crippen LogP contribution in [0.2, 0.25) is 0 Å². The summed E-state index contributed by atoms with van der Waals surface area (Å²) in [6.07, 6.45) is 7.15. The molecule has 2 rings (SSSR count). The lowest BCUT2D eigenvalue weighted by atomic mass is 9.87. The summed E-state index contributed by atoms with van der Waals surface area (Å²) in [5, 5.41) is 0. The van der Waals surface area contributed by atoms with Crippen LogP contribution in [0.5, 0.6) is 0 Å². The van der Waals surface area contributed by atoms with Crippen molar-refractivity contribution in [3.63, 3.8) is 0 Å². The summed E-state index contributed by atoms with van der Waals surface area (Å²) >= 11 is 0. The predicted molar refractivity (Wildman–Crippen MR) is 85.0 cm³/mol. The highest BCUT2D eigenvalue weighted by Crippen LogP contribution is 2.27. The number of nitrogens with zero attached hydrogens (tertiary/aromatic N) is 1. The number of benzene rings is 1. The van der Waals surface area contributed by atoms with Gasteiger partial charge in [-0.3, -0.25) is 0 Å². The van der Waals surface area contributed by atoms with Gasteiger partial charge in [0.15, 0.2) is 0 Å². The molecule has 1 aliphatic rings. The summed E-state index contributed by atoms with van der Waals surface area (Å²) in [7, 11) is 2.24. The Balaban J connectivity index is 1.97. The molecule has 1 nitrogen and oxygen atoms in total. The van der Waals surface area contributed by atoms with E-state index in [4.69, 9.17) is 0 Å². The van der Waals surface area contributed by atoms with Crippen molar-refractivity contribution in [1.82, 2.24) is 0 Å². The van der Waals surface area contributed by atoms with Gasteiger partial charge in [0, 0.05) is 19.3 Å². The molecule has 0 heterocycles. The average molecular weight is 259 g/mol. The summed E-state index contributed by atoms with van der Waals surface area (Å²) in [6.45, 7) is 8.03. The molecule has 106 valence electrons. The van der Waals surface area contributed by atoms with Crippen molar-refractivity contribution < 1.29 is 0 Å². The second-order valence-electron chi connectivity index (χ2n) is 7.18. The third kappa shape index (κ3) is 3.99. The Kier molecular flexibility index (Phi) is 4.54. The largest absolute Gasteiger partial charge is 0.374 e. The van der Waals surface area contributed by atoms with Crippen LogP contribution in [0.4, 0.5) is 5.69 Å². The molecular formula is C18H29N. The molecular weight excluding hydrogens is 230 g/mol. The maximum atomic E-state index is 2.43. The van der Waals surface area contributed by atoms with Crippen LogP contribution >= 0.6 is 0 Å². The Morgan fingerprint density at radius 1 is 1.00 bits per heavy atom. The zero-order valence-electron chi connectivity index (χ0n) is 13.1. The lowest BCUT2D eigenvalue weighted by Gasteiger charge is -2.29. The second-order valence-corrected chi connectivity index (χ2v) is 7.18. The van der Waals surface area contributed by atoms with Crippen molar-refractivity contribution >= 4 is 5.69 Å². The van der Waals surface area contributed by atoms with Crippen molar-refractivity contribution in [2.75, 3.05) is 18.5 Å². The molecule has 0 N–H and O–H groups in total. The van der Waals surface area contributed by atoms with Crippen LogP contribution in [0.3, 0.4) is 0 Å². The van der Waals surface area contributed by atoms with Gasteiger partial charge in [0.2, 0.25) is 0 Å². The van der Waals surface area contributed by atoms with E-state index in [1.165, 1.54) is 49.9 Å². The van der Waals surface area contributed by atoms with E-state index < -0.39 is 0 Å². The maximum absolute atomic E-state index is 2.43. The van der Waals surface area contributed by atoms with Crippen molar-refractivity contribution in [2.45, 2.75) is 58.3 Å². The fourth-order valence-corrected chi connectivity index (χ4v) is 3.08. The van der Waals surface area contributed by atoms with E-state index in [9.17, 15) is 0 Å². The molecule has 1 saturated carbocycles. The first-order valence-electron chi connectivity index (χ1n) is 7.78. The van der Waals surface area contributed by atoms with Crippen LogP contribution in [-0.4, -0.2) is 13.6 Å². The third-order valence-corrected chi connectivity index (χ3v) is 4.43. The SMILES string of the molecule is CN(CC1CCCCC1)c1ccc(C(C)(C)C)cc1. The van der Waals surface area contributed by atoms with E-state index in [1.807, 2.05) is 0 Å². The van der Waals surface area contributed by atoms with Gasteiger partial charge in [-0.05, 0) is 41.9 Å². The summed E-state index contributed by atoms with van der Waals surface area (Å²) in [4.78, 5) is 2.43. The quantitative estimate of drug-likeness (QED) is 0.738. The highest BCUT2D eigenvalue weighted by Gasteiger charge is 2.17. The normalized spacial score (nSPS) is 17.5. The molecule has 0 radical (unpaired) electrons. The van der Waals surface area contributed by atoms with Crippen molar-refractivity contribution in [2.24, 2.45) is 5.92 Å². The highest BCUT2D eigenvalue weighted by atomic mass is 15.1. The molecule has 0 aromatic heterocycles. The molecule has 0 bridgehead atoms. The van der Waals surface area contributed by atoms with Gasteiger partial charge < -0.3 is 4.90 Å². The molecule has 0 amide bonds. The van der Waals surface area contributed by atoms with E-state index in [2.05, 4.69) is 57.0 Å². The van der Waals surface area contributed by atoms with Crippen LogP contribution < -0.4 is 4.90 Å². The van der Waals surface area contributed by atoms with Gasteiger partial charge in [0.25, 0.3) is 0 Å². The van der Waals surface area contributed by atoms with Crippen LogP contribution in [0.25, 0.3) is 0 Å². The molecule has 1 aliphatic carbocycles. The molecule has 1 aromatic rings. The topological polar surface area (TPSA) is 3.24 Å². The van der Waals surface area contributed by atoms with Gasteiger partial charge in [-0.15, -0.1) is 0 Å². The molecule has 19 heavy (non-hydrogen) atoms. The molecule has 0 spiro atoms. The van der Waals surface area contributed by atoms with E-state index in [0.717, 1.165) is 5.92 Å². The van der Waals surface area contributed by atoms with E-state index in [-0.39, 0.29) is 5.41 Å². The lowest BCUT2D eigenvalue weighted by Crippen LogP contribution is -2.26. The minimum atomic E-state index is 0.250. The van der Waals surface area contributed by atoms with Gasteiger partial charge >= 0.3 is 0 Å². The third-order valence-electron chi connectivity index (χ3n) is 4.43. The van der Waals surface area contributed by atoms with E-state index in [1.54, 1.807) is 0 Å². The molecule has 0 aliphatic heterocycles. The van der Waals surface area contributed by atoms with Crippen LogP contribution in [0.1, 0.15) is 58.4 Å². The van der Waals surface area contributed by atoms with Crippen molar-refractivity contribution in [1.29, 1.82) is 0 Å². The number of rotatable bonds is 3. The molecule has 0 atom stereocenters. The smallest absolute Gasteiger partial charge is 0.0363 e. The summed E-state index contributed by atoms with van der Waals surface area (Å²) in [5.41, 5.74) is 3.03. The van der Waals surface area contributed by atoms with Gasteiger partial charge in [-0.1, -0.05) is 52.2 Å². The summed E-state index contributed by atoms with van der Waals surface area (Å²) in [5.74, 6) is 0.904. The predicted octanol–water partition coefficient (Wildman–Crippen LogP) is 5.00. The minimum Gasteiger partial charge on any atom is -0.374 e. The fourth-order valence-electron chi connectivity index (χ4n) is 3.08. The standard InChI is InChI=1S/C18H29N/c1-18(2,3)16-10-12-17(13-11-16)19(4)14-15-8-6-5-7-9-15/h10-13,15H,5-9,14H2,1-4H3. The fraction of sp³-hybridized carbons (Fsp3) is 0.667. The highest BCUT2D eigenvalue weighted by molar-refractivity contribution is 5.47. The van der Waals surface area contributed by atoms with Crippen LogP contribution in [0.15, 0.2) is 24.3 Å². The lowest BCUT2D eigenvalue weighted by molar-refractivity contribution is 0.362. The van der Waals surface area contributed by atoms with Gasteiger partial charge in [-0.2, -0.15) is 0 Å². The summed E-state index contributed by atoms with van der Waals surface area (Å²) < 4.78 is 0. The Hall–Kier alpha value is -0.980. The van der Waals surface area contributed by atoms with E-state index in [0.29, 0.717) is 0 Å². The number of anilines is 1. The zero-order chi connectivity index (χ0) is 13.9. The first kappa shape index (κ1) is 14.4. The van der Waals surface area contributed by atoms with Crippen molar-refractivity contribution in [3.8, 4) is 0 Å². The second kappa shape index (κ2) is 5.98. The Bertz CT molecular complexity index is 379. The number of hydrogen-bond acceptors (Lipinski definition) is 1. The monoisotopic (exact) mass is 259 g/mol.